The molecule has 0 saturated carbocycles. The van der Waals surface area contributed by atoms with E-state index in [9.17, 15) is 0 Å². The Balaban J connectivity index is 3.81. The zero-order chi connectivity index (χ0) is 20.4. The van der Waals surface area contributed by atoms with Crippen molar-refractivity contribution < 1.29 is 9.84 Å². The molecular weight excluding hydrogens is 332 g/mol. The number of hydrogen-bond donors (Lipinski definition) is 1. The third-order valence-corrected chi connectivity index (χ3v) is 7.61. The molecule has 1 N–H and O–H groups in total. The molecule has 0 aromatic carbocycles. The van der Waals surface area contributed by atoms with Gasteiger partial charge in [-0.1, -0.05) is 92.4 Å². The van der Waals surface area contributed by atoms with Gasteiger partial charge < -0.3 is 9.84 Å². The molecule has 0 radical (unpaired) electrons. The zero-order valence-corrected chi connectivity index (χ0v) is 19.6. The van der Waals surface area contributed by atoms with Crippen LogP contribution in [0.3, 0.4) is 0 Å². The highest BCUT2D eigenvalue weighted by Crippen LogP contribution is 2.38. The summed E-state index contributed by atoms with van der Waals surface area (Å²) in [4.78, 5) is 0. The standard InChI is InChI=1S/C25H52O2/c1-6-24(7-2,8-3)18-13-16-22-27-23-17-14-20-25(9-4,10-5)19-12-11-15-21-26/h26H,6-23H2,1-5H3. The van der Waals surface area contributed by atoms with Crippen LogP contribution in [-0.4, -0.2) is 24.9 Å². The van der Waals surface area contributed by atoms with Gasteiger partial charge in [0.1, 0.15) is 0 Å². The zero-order valence-electron chi connectivity index (χ0n) is 19.6. The van der Waals surface area contributed by atoms with Gasteiger partial charge in [-0.25, -0.2) is 0 Å². The highest BCUT2D eigenvalue weighted by atomic mass is 16.5. The molecule has 0 aliphatic rings. The molecule has 0 saturated heterocycles. The van der Waals surface area contributed by atoms with Gasteiger partial charge >= 0.3 is 0 Å². The number of ether oxygens (including phenoxy) is 1. The van der Waals surface area contributed by atoms with E-state index < -0.39 is 0 Å². The van der Waals surface area contributed by atoms with Crippen molar-refractivity contribution in [3.05, 3.63) is 0 Å². The Hall–Kier alpha value is -0.0800. The van der Waals surface area contributed by atoms with Crippen LogP contribution in [0.25, 0.3) is 0 Å². The molecule has 0 amide bonds. The molecule has 0 heterocycles. The van der Waals surface area contributed by atoms with Crippen LogP contribution in [0.5, 0.6) is 0 Å². The van der Waals surface area contributed by atoms with E-state index in [4.69, 9.17) is 9.84 Å². The van der Waals surface area contributed by atoms with Crippen LogP contribution in [0, 0.1) is 10.8 Å². The third kappa shape index (κ3) is 11.5. The SMILES string of the molecule is CCC(CC)(CC)CCCCOCCCCC(CC)(CC)CCCCCO. The summed E-state index contributed by atoms with van der Waals surface area (Å²) in [5.41, 5.74) is 1.11. The van der Waals surface area contributed by atoms with Crippen LogP contribution in [0.1, 0.15) is 131 Å². The smallest absolute Gasteiger partial charge is 0.0466 e. The fourth-order valence-corrected chi connectivity index (χ4v) is 4.66. The number of rotatable bonds is 20. The molecule has 0 fully saturated rings. The van der Waals surface area contributed by atoms with E-state index in [-0.39, 0.29) is 0 Å². The van der Waals surface area contributed by atoms with Crippen LogP contribution in [0.2, 0.25) is 0 Å². The summed E-state index contributed by atoms with van der Waals surface area (Å²) in [6.45, 7) is 14.0. The first-order valence-corrected chi connectivity index (χ1v) is 12.3. The third-order valence-electron chi connectivity index (χ3n) is 7.61. The maximum Gasteiger partial charge on any atom is 0.0466 e. The topological polar surface area (TPSA) is 29.5 Å². The van der Waals surface area contributed by atoms with Crippen molar-refractivity contribution in [2.24, 2.45) is 10.8 Å². The van der Waals surface area contributed by atoms with E-state index >= 15 is 0 Å². The van der Waals surface area contributed by atoms with Crippen molar-refractivity contribution in [3.8, 4) is 0 Å². The van der Waals surface area contributed by atoms with Crippen molar-refractivity contribution in [2.75, 3.05) is 19.8 Å². The lowest BCUT2D eigenvalue weighted by Crippen LogP contribution is -2.19. The molecule has 2 nitrogen and oxygen atoms in total. The average molecular weight is 385 g/mol. The van der Waals surface area contributed by atoms with Crippen LogP contribution >= 0.6 is 0 Å². The van der Waals surface area contributed by atoms with E-state index in [1.807, 2.05) is 0 Å². The van der Waals surface area contributed by atoms with Gasteiger partial charge in [0.25, 0.3) is 0 Å². The lowest BCUT2D eigenvalue weighted by atomic mass is 9.74. The summed E-state index contributed by atoms with van der Waals surface area (Å²) in [5, 5.41) is 8.95. The van der Waals surface area contributed by atoms with Crippen molar-refractivity contribution >= 4 is 0 Å². The highest BCUT2D eigenvalue weighted by molar-refractivity contribution is 4.77. The van der Waals surface area contributed by atoms with Gasteiger partial charge in [0.15, 0.2) is 0 Å². The summed E-state index contributed by atoms with van der Waals surface area (Å²) in [6, 6.07) is 0. The normalized spacial score (nSPS) is 12.7. The minimum absolute atomic E-state index is 0.346. The second-order valence-corrected chi connectivity index (χ2v) is 8.83. The quantitative estimate of drug-likeness (QED) is 0.216. The highest BCUT2D eigenvalue weighted by Gasteiger charge is 2.25. The maximum atomic E-state index is 8.95. The Morgan fingerprint density at radius 2 is 0.926 bits per heavy atom. The van der Waals surface area contributed by atoms with Crippen molar-refractivity contribution in [1.82, 2.24) is 0 Å². The summed E-state index contributed by atoms with van der Waals surface area (Å²) in [6.07, 6.45) is 19.0. The molecular formula is C25H52O2. The number of hydrogen-bond acceptors (Lipinski definition) is 2. The van der Waals surface area contributed by atoms with E-state index in [1.165, 1.54) is 89.9 Å². The van der Waals surface area contributed by atoms with E-state index in [0.717, 1.165) is 19.6 Å². The number of unbranched alkanes of at least 4 members (excludes halogenated alkanes) is 4. The van der Waals surface area contributed by atoms with Gasteiger partial charge in [0.05, 0.1) is 0 Å². The van der Waals surface area contributed by atoms with Crippen LogP contribution < -0.4 is 0 Å². The molecule has 0 rings (SSSR count). The first-order chi connectivity index (χ1) is 13.1. The molecule has 0 bridgehead atoms. The largest absolute Gasteiger partial charge is 0.396 e. The Kier molecular flexibility index (Phi) is 16.8. The molecule has 0 aliphatic carbocycles. The second-order valence-electron chi connectivity index (χ2n) is 8.83. The number of aliphatic hydroxyl groups is 1. The molecule has 164 valence electrons. The molecule has 0 spiro atoms. The summed E-state index contributed by atoms with van der Waals surface area (Å²) < 4.78 is 5.92. The van der Waals surface area contributed by atoms with Gasteiger partial charge in [-0.05, 0) is 49.4 Å². The molecule has 0 aromatic rings. The van der Waals surface area contributed by atoms with Gasteiger partial charge in [-0.3, -0.25) is 0 Å². The Bertz CT molecular complexity index is 297. The van der Waals surface area contributed by atoms with Gasteiger partial charge in [0.2, 0.25) is 0 Å². The molecule has 0 unspecified atom stereocenters. The van der Waals surface area contributed by atoms with Crippen molar-refractivity contribution in [3.63, 3.8) is 0 Å². The fourth-order valence-electron chi connectivity index (χ4n) is 4.66. The summed E-state index contributed by atoms with van der Waals surface area (Å²) >= 11 is 0. The van der Waals surface area contributed by atoms with Crippen molar-refractivity contribution in [2.45, 2.75) is 131 Å². The molecule has 0 aliphatic heterocycles. The fraction of sp³-hybridized carbons (Fsp3) is 1.00. The van der Waals surface area contributed by atoms with Crippen LogP contribution in [0.4, 0.5) is 0 Å². The van der Waals surface area contributed by atoms with Gasteiger partial charge in [-0.2, -0.15) is 0 Å². The van der Waals surface area contributed by atoms with Crippen LogP contribution in [0.15, 0.2) is 0 Å². The average Bonchev–Trinajstić information content (AvgIpc) is 2.72. The first kappa shape index (κ1) is 26.9. The van der Waals surface area contributed by atoms with E-state index in [1.54, 1.807) is 0 Å². The molecule has 0 aromatic heterocycles. The molecule has 2 heteroatoms. The van der Waals surface area contributed by atoms with Crippen molar-refractivity contribution in [1.29, 1.82) is 0 Å². The Morgan fingerprint density at radius 3 is 1.33 bits per heavy atom. The predicted molar refractivity (Wildman–Crippen MR) is 120 cm³/mol. The minimum atomic E-state index is 0.346. The lowest BCUT2D eigenvalue weighted by Gasteiger charge is -2.32. The number of aliphatic hydroxyl groups excluding tert-OH is 1. The molecule has 0 atom stereocenters. The lowest BCUT2D eigenvalue weighted by molar-refractivity contribution is 0.114. The van der Waals surface area contributed by atoms with Crippen LogP contribution in [-0.2, 0) is 4.74 Å². The summed E-state index contributed by atoms with van der Waals surface area (Å²) in [7, 11) is 0. The first-order valence-electron chi connectivity index (χ1n) is 12.3. The maximum absolute atomic E-state index is 8.95. The monoisotopic (exact) mass is 384 g/mol. The second kappa shape index (κ2) is 16.8. The Labute approximate surface area is 171 Å². The summed E-state index contributed by atoms with van der Waals surface area (Å²) in [5.74, 6) is 0. The minimum Gasteiger partial charge on any atom is -0.396 e. The van der Waals surface area contributed by atoms with E-state index in [0.29, 0.717) is 17.4 Å². The van der Waals surface area contributed by atoms with E-state index in [2.05, 4.69) is 34.6 Å². The van der Waals surface area contributed by atoms with Gasteiger partial charge in [-0.15, -0.1) is 0 Å². The van der Waals surface area contributed by atoms with Gasteiger partial charge in [0, 0.05) is 19.8 Å². The Morgan fingerprint density at radius 1 is 0.519 bits per heavy atom. The molecule has 27 heavy (non-hydrogen) atoms. The predicted octanol–water partition coefficient (Wildman–Crippen LogP) is 7.92.